The predicted octanol–water partition coefficient (Wildman–Crippen LogP) is 2.41. The van der Waals surface area contributed by atoms with Gasteiger partial charge in [0.15, 0.2) is 0 Å². The van der Waals surface area contributed by atoms with Crippen LogP contribution in [0, 0.1) is 5.92 Å². The third kappa shape index (κ3) is 3.32. The van der Waals surface area contributed by atoms with Crippen molar-refractivity contribution in [2.45, 2.75) is 45.6 Å². The second kappa shape index (κ2) is 5.60. The van der Waals surface area contributed by atoms with Crippen LogP contribution in [0.1, 0.15) is 51.3 Å². The van der Waals surface area contributed by atoms with E-state index in [1.807, 2.05) is 24.3 Å². The number of carbonyl (C=O) groups excluding carboxylic acids is 2. The van der Waals surface area contributed by atoms with Crippen molar-refractivity contribution in [3.63, 3.8) is 0 Å². The first-order valence-corrected chi connectivity index (χ1v) is 7.33. The van der Waals surface area contributed by atoms with E-state index in [1.54, 1.807) is 6.92 Å². The van der Waals surface area contributed by atoms with E-state index in [-0.39, 0.29) is 36.1 Å². The number of likely N-dealkylation sites (tertiary alicyclic amines) is 1. The summed E-state index contributed by atoms with van der Waals surface area (Å²) in [6.07, 6.45) is -0.591. The molecule has 0 aliphatic carbocycles. The maximum atomic E-state index is 11.9. The minimum Gasteiger partial charge on any atom is -0.387 e. The monoisotopic (exact) mass is 289 g/mol. The van der Waals surface area contributed by atoms with Crippen molar-refractivity contribution in [3.05, 3.63) is 35.4 Å². The zero-order valence-corrected chi connectivity index (χ0v) is 13.1. The third-order valence-corrected chi connectivity index (χ3v) is 3.99. The van der Waals surface area contributed by atoms with E-state index in [0.717, 1.165) is 5.56 Å². The van der Waals surface area contributed by atoms with E-state index in [4.69, 9.17) is 0 Å². The highest BCUT2D eigenvalue weighted by atomic mass is 16.3. The lowest BCUT2D eigenvalue weighted by Crippen LogP contribution is -2.34. The maximum Gasteiger partial charge on any atom is 0.232 e. The smallest absolute Gasteiger partial charge is 0.232 e. The van der Waals surface area contributed by atoms with Crippen LogP contribution in [0.25, 0.3) is 0 Å². The highest BCUT2D eigenvalue weighted by molar-refractivity contribution is 6.03. The van der Waals surface area contributed by atoms with Crippen LogP contribution in [0.4, 0.5) is 0 Å². The molecule has 1 aromatic rings. The van der Waals surface area contributed by atoms with E-state index in [2.05, 4.69) is 20.8 Å². The fraction of sp³-hybridized carbons (Fsp3) is 0.529. The number of amides is 2. The summed E-state index contributed by atoms with van der Waals surface area (Å²) in [5.41, 5.74) is 1.96. The van der Waals surface area contributed by atoms with Crippen molar-refractivity contribution >= 4 is 11.8 Å². The summed E-state index contributed by atoms with van der Waals surface area (Å²) in [6, 6.07) is 7.68. The molecule has 1 N–H and O–H groups in total. The Balaban J connectivity index is 2.09. The Hall–Kier alpha value is -1.68. The summed E-state index contributed by atoms with van der Waals surface area (Å²) in [5.74, 6) is -0.656. The van der Waals surface area contributed by atoms with Gasteiger partial charge in [-0.1, -0.05) is 52.0 Å². The van der Waals surface area contributed by atoms with Gasteiger partial charge in [0, 0.05) is 12.3 Å². The molecule has 114 valence electrons. The minimum absolute atomic E-state index is 0.0386. The van der Waals surface area contributed by atoms with Gasteiger partial charge in [-0.2, -0.15) is 0 Å². The molecule has 0 spiro atoms. The highest BCUT2D eigenvalue weighted by Gasteiger charge is 2.36. The van der Waals surface area contributed by atoms with Crippen LogP contribution in [0.3, 0.4) is 0 Å². The van der Waals surface area contributed by atoms with Crippen molar-refractivity contribution in [2.75, 3.05) is 6.54 Å². The molecular formula is C17H23NO3. The molecule has 2 unspecified atom stereocenters. The number of aliphatic hydroxyl groups is 1. The van der Waals surface area contributed by atoms with Crippen LogP contribution in [-0.4, -0.2) is 28.4 Å². The maximum absolute atomic E-state index is 11.9. The summed E-state index contributed by atoms with van der Waals surface area (Å²) in [4.78, 5) is 24.8. The molecule has 2 amide bonds. The molecule has 1 aliphatic heterocycles. The average molecular weight is 289 g/mol. The first-order valence-electron chi connectivity index (χ1n) is 7.33. The molecule has 2 atom stereocenters. The molecule has 21 heavy (non-hydrogen) atoms. The lowest BCUT2D eigenvalue weighted by molar-refractivity contribution is -0.140. The molecule has 4 nitrogen and oxygen atoms in total. The number of nitrogens with zero attached hydrogens (tertiary/aromatic N) is 1. The largest absolute Gasteiger partial charge is 0.387 e. The Morgan fingerprint density at radius 1 is 1.24 bits per heavy atom. The fourth-order valence-corrected chi connectivity index (χ4v) is 2.52. The number of aliphatic hydroxyl groups excluding tert-OH is 1. The van der Waals surface area contributed by atoms with Gasteiger partial charge in [0.05, 0.1) is 12.6 Å². The number of β-amino-alcohol motifs (C(OH)–C–C–N with tert-alkyl or cyclic N) is 1. The SMILES string of the molecule is CC1CC(=O)N(CC(O)c2ccc(C(C)(C)C)cc2)C1=O. The summed E-state index contributed by atoms with van der Waals surface area (Å²) < 4.78 is 0. The van der Waals surface area contributed by atoms with Crippen LogP contribution >= 0.6 is 0 Å². The zero-order valence-electron chi connectivity index (χ0n) is 13.1. The topological polar surface area (TPSA) is 57.6 Å². The van der Waals surface area contributed by atoms with Crippen LogP contribution in [0.5, 0.6) is 0 Å². The number of carbonyl (C=O) groups is 2. The molecule has 1 fully saturated rings. The van der Waals surface area contributed by atoms with Crippen molar-refractivity contribution in [2.24, 2.45) is 5.92 Å². The van der Waals surface area contributed by atoms with Gasteiger partial charge in [0.25, 0.3) is 0 Å². The summed E-state index contributed by atoms with van der Waals surface area (Å²) in [5, 5.41) is 10.3. The average Bonchev–Trinajstić information content (AvgIpc) is 2.64. The number of hydrogen-bond acceptors (Lipinski definition) is 3. The second-order valence-electron chi connectivity index (χ2n) is 6.84. The highest BCUT2D eigenvalue weighted by Crippen LogP contribution is 2.26. The quantitative estimate of drug-likeness (QED) is 0.869. The van der Waals surface area contributed by atoms with Crippen molar-refractivity contribution in [1.29, 1.82) is 0 Å². The van der Waals surface area contributed by atoms with Crippen LogP contribution in [-0.2, 0) is 15.0 Å². The first kappa shape index (κ1) is 15.7. The van der Waals surface area contributed by atoms with Gasteiger partial charge in [-0.3, -0.25) is 14.5 Å². The van der Waals surface area contributed by atoms with Gasteiger partial charge in [-0.25, -0.2) is 0 Å². The molecule has 1 saturated heterocycles. The van der Waals surface area contributed by atoms with Crippen molar-refractivity contribution in [1.82, 2.24) is 4.90 Å². The van der Waals surface area contributed by atoms with Gasteiger partial charge in [-0.05, 0) is 16.5 Å². The lowest BCUT2D eigenvalue weighted by Gasteiger charge is -2.22. The van der Waals surface area contributed by atoms with Crippen LogP contribution in [0.15, 0.2) is 24.3 Å². The molecule has 1 aromatic carbocycles. The number of hydrogen-bond donors (Lipinski definition) is 1. The molecule has 2 rings (SSSR count). The Morgan fingerprint density at radius 3 is 2.24 bits per heavy atom. The molecule has 0 bridgehead atoms. The van der Waals surface area contributed by atoms with E-state index >= 15 is 0 Å². The van der Waals surface area contributed by atoms with Gasteiger partial charge < -0.3 is 5.11 Å². The molecule has 0 saturated carbocycles. The lowest BCUT2D eigenvalue weighted by atomic mass is 9.86. The first-order chi connectivity index (χ1) is 9.70. The van der Waals surface area contributed by atoms with E-state index < -0.39 is 6.10 Å². The van der Waals surface area contributed by atoms with Gasteiger partial charge in [0.1, 0.15) is 0 Å². The Kier molecular flexibility index (Phi) is 4.19. The standard InChI is InChI=1S/C17H23NO3/c1-11-9-15(20)18(16(11)21)10-14(19)12-5-7-13(8-6-12)17(2,3)4/h5-8,11,14,19H,9-10H2,1-4H3. The fourth-order valence-electron chi connectivity index (χ4n) is 2.52. The van der Waals surface area contributed by atoms with Crippen LogP contribution in [0.2, 0.25) is 0 Å². The van der Waals surface area contributed by atoms with Crippen molar-refractivity contribution in [3.8, 4) is 0 Å². The summed E-state index contributed by atoms with van der Waals surface area (Å²) in [6.45, 7) is 8.16. The minimum atomic E-state index is -0.836. The molecular weight excluding hydrogens is 266 g/mol. The second-order valence-corrected chi connectivity index (χ2v) is 6.84. The molecule has 4 heteroatoms. The van der Waals surface area contributed by atoms with E-state index in [1.165, 1.54) is 10.5 Å². The predicted molar refractivity (Wildman–Crippen MR) is 80.6 cm³/mol. The van der Waals surface area contributed by atoms with E-state index in [0.29, 0.717) is 0 Å². The molecule has 1 heterocycles. The van der Waals surface area contributed by atoms with Gasteiger partial charge >= 0.3 is 0 Å². The van der Waals surface area contributed by atoms with E-state index in [9.17, 15) is 14.7 Å². The number of rotatable bonds is 3. The summed E-state index contributed by atoms with van der Waals surface area (Å²) in [7, 11) is 0. The Morgan fingerprint density at radius 2 is 1.81 bits per heavy atom. The van der Waals surface area contributed by atoms with Crippen molar-refractivity contribution < 1.29 is 14.7 Å². The number of benzene rings is 1. The number of imide groups is 1. The molecule has 1 aliphatic rings. The normalized spacial score (nSPS) is 21.0. The summed E-state index contributed by atoms with van der Waals surface area (Å²) >= 11 is 0. The Bertz CT molecular complexity index is 542. The third-order valence-electron chi connectivity index (χ3n) is 3.99. The van der Waals surface area contributed by atoms with Gasteiger partial charge in [-0.15, -0.1) is 0 Å². The molecule has 0 aromatic heterocycles. The molecule has 0 radical (unpaired) electrons. The zero-order chi connectivity index (χ0) is 15.8. The van der Waals surface area contributed by atoms with Gasteiger partial charge in [0.2, 0.25) is 11.8 Å². The Labute approximate surface area is 125 Å². The van der Waals surface area contributed by atoms with Crippen LogP contribution < -0.4 is 0 Å².